The molecule has 0 spiro atoms. The minimum atomic E-state index is -3.83. The van der Waals surface area contributed by atoms with Crippen LogP contribution in [0.5, 0.6) is 0 Å². The largest absolute Gasteiger partial charge is 0.476 e. The molecule has 164 valence electrons. The SMILES string of the molecule is O=P(OC1CCc2ccccc21)(OC1CCc2ccccc21)OC1CCc2ccccc21. The minimum absolute atomic E-state index is 0.273. The number of phosphoric acid groups is 1. The van der Waals surface area contributed by atoms with Gasteiger partial charge in [-0.25, -0.2) is 4.57 Å². The molecule has 0 aromatic heterocycles. The Morgan fingerprint density at radius 3 is 1.19 bits per heavy atom. The molecule has 3 aromatic rings. The van der Waals surface area contributed by atoms with Crippen molar-refractivity contribution in [1.29, 1.82) is 0 Å². The molecule has 3 unspecified atom stereocenters. The lowest BCUT2D eigenvalue weighted by molar-refractivity contribution is 0.0302. The molecular weight excluding hydrogens is 419 g/mol. The van der Waals surface area contributed by atoms with Crippen LogP contribution in [0.25, 0.3) is 0 Å². The molecule has 0 amide bonds. The maximum absolute atomic E-state index is 14.2. The van der Waals surface area contributed by atoms with Gasteiger partial charge in [0.1, 0.15) is 0 Å². The molecule has 0 bridgehead atoms. The third-order valence-corrected chi connectivity index (χ3v) is 8.54. The lowest BCUT2D eigenvalue weighted by Crippen LogP contribution is -2.10. The Kier molecular flexibility index (Phi) is 5.27. The van der Waals surface area contributed by atoms with Gasteiger partial charge in [0.2, 0.25) is 0 Å². The van der Waals surface area contributed by atoms with Gasteiger partial charge < -0.3 is 0 Å². The molecule has 0 saturated heterocycles. The highest BCUT2D eigenvalue weighted by atomic mass is 31.2. The molecule has 0 fully saturated rings. The Bertz CT molecular complexity index is 1040. The van der Waals surface area contributed by atoms with E-state index in [1.165, 1.54) is 16.7 Å². The molecule has 3 aromatic carbocycles. The maximum atomic E-state index is 14.2. The summed E-state index contributed by atoms with van der Waals surface area (Å²) in [6, 6.07) is 24.7. The van der Waals surface area contributed by atoms with Crippen molar-refractivity contribution >= 4 is 7.82 Å². The second kappa shape index (κ2) is 8.28. The molecule has 0 aliphatic heterocycles. The van der Waals surface area contributed by atoms with Crippen LogP contribution in [0.4, 0.5) is 0 Å². The highest BCUT2D eigenvalue weighted by molar-refractivity contribution is 7.48. The lowest BCUT2D eigenvalue weighted by atomic mass is 10.1. The van der Waals surface area contributed by atoms with Crippen LogP contribution in [0.2, 0.25) is 0 Å². The third kappa shape index (κ3) is 3.76. The summed E-state index contributed by atoms with van der Waals surface area (Å²) >= 11 is 0. The van der Waals surface area contributed by atoms with Gasteiger partial charge in [0.25, 0.3) is 0 Å². The van der Waals surface area contributed by atoms with E-state index in [1.807, 2.05) is 36.4 Å². The van der Waals surface area contributed by atoms with Crippen LogP contribution in [-0.4, -0.2) is 0 Å². The Hall–Kier alpha value is -2.23. The fraction of sp³-hybridized carbons (Fsp3) is 0.333. The van der Waals surface area contributed by atoms with Crippen LogP contribution in [0.3, 0.4) is 0 Å². The number of hydrogen-bond donors (Lipinski definition) is 0. The molecule has 32 heavy (non-hydrogen) atoms. The molecule has 3 atom stereocenters. The second-order valence-corrected chi connectivity index (χ2v) is 10.5. The van der Waals surface area contributed by atoms with Gasteiger partial charge >= 0.3 is 7.82 Å². The molecule has 5 heteroatoms. The first-order valence-corrected chi connectivity index (χ1v) is 13.0. The van der Waals surface area contributed by atoms with Crippen LogP contribution in [0.15, 0.2) is 72.8 Å². The van der Waals surface area contributed by atoms with E-state index in [2.05, 4.69) is 36.4 Å². The standard InChI is InChI=1S/C27H27O4P/c28-32(29-25-16-13-19-7-1-4-10-22(19)25,30-26-17-14-20-8-2-5-11-23(20)26)31-27-18-15-21-9-3-6-12-24(21)27/h1-12,25-27H,13-18H2. The van der Waals surface area contributed by atoms with E-state index in [-0.39, 0.29) is 18.3 Å². The molecule has 0 radical (unpaired) electrons. The molecule has 0 heterocycles. The van der Waals surface area contributed by atoms with Gasteiger partial charge in [-0.05, 0) is 71.9 Å². The van der Waals surface area contributed by atoms with Gasteiger partial charge in [-0.15, -0.1) is 0 Å². The predicted octanol–water partition coefficient (Wildman–Crippen LogP) is 7.21. The Morgan fingerprint density at radius 1 is 0.531 bits per heavy atom. The van der Waals surface area contributed by atoms with E-state index in [4.69, 9.17) is 13.6 Å². The third-order valence-electron chi connectivity index (χ3n) is 7.00. The topological polar surface area (TPSA) is 44.8 Å². The highest BCUT2D eigenvalue weighted by Crippen LogP contribution is 2.62. The first-order chi connectivity index (χ1) is 15.7. The summed E-state index contributed by atoms with van der Waals surface area (Å²) in [6.07, 6.45) is 4.30. The average Bonchev–Trinajstić information content (AvgIpc) is 3.52. The zero-order valence-corrected chi connectivity index (χ0v) is 18.9. The van der Waals surface area contributed by atoms with Crippen molar-refractivity contribution in [2.75, 3.05) is 0 Å². The molecular formula is C27H27O4P. The Balaban J connectivity index is 1.30. The molecule has 0 N–H and O–H groups in total. The van der Waals surface area contributed by atoms with Gasteiger partial charge in [-0.2, -0.15) is 0 Å². The summed E-state index contributed by atoms with van der Waals surface area (Å²) in [5.74, 6) is 0. The zero-order valence-electron chi connectivity index (χ0n) is 18.0. The minimum Gasteiger partial charge on any atom is -0.279 e. The van der Waals surface area contributed by atoms with Crippen molar-refractivity contribution in [2.45, 2.75) is 56.8 Å². The van der Waals surface area contributed by atoms with Crippen LogP contribution < -0.4 is 0 Å². The number of phosphoric ester groups is 1. The number of hydrogen-bond acceptors (Lipinski definition) is 4. The van der Waals surface area contributed by atoms with Gasteiger partial charge in [0, 0.05) is 0 Å². The average molecular weight is 446 g/mol. The number of benzene rings is 3. The highest BCUT2D eigenvalue weighted by Gasteiger charge is 2.42. The number of fused-ring (bicyclic) bond motifs is 3. The van der Waals surface area contributed by atoms with E-state index in [0.29, 0.717) is 0 Å². The summed E-state index contributed by atoms with van der Waals surface area (Å²) in [4.78, 5) is 0. The summed E-state index contributed by atoms with van der Waals surface area (Å²) in [7, 11) is -3.83. The first kappa shape index (κ1) is 20.4. The van der Waals surface area contributed by atoms with Gasteiger partial charge in [-0.3, -0.25) is 13.6 Å². The summed E-state index contributed by atoms with van der Waals surface area (Å²) in [6.45, 7) is 0. The Labute approximate surface area is 189 Å². The fourth-order valence-electron chi connectivity index (χ4n) is 5.42. The van der Waals surface area contributed by atoms with Crippen molar-refractivity contribution in [1.82, 2.24) is 0 Å². The van der Waals surface area contributed by atoms with E-state index >= 15 is 0 Å². The van der Waals surface area contributed by atoms with Crippen molar-refractivity contribution in [3.63, 3.8) is 0 Å². The summed E-state index contributed by atoms with van der Waals surface area (Å²) in [5.41, 5.74) is 7.04. The summed E-state index contributed by atoms with van der Waals surface area (Å²) < 4.78 is 33.1. The zero-order chi connectivity index (χ0) is 21.5. The van der Waals surface area contributed by atoms with Gasteiger partial charge in [-0.1, -0.05) is 72.8 Å². The number of rotatable bonds is 6. The molecule has 3 aliphatic carbocycles. The first-order valence-electron chi connectivity index (χ1n) is 11.6. The van der Waals surface area contributed by atoms with E-state index in [1.54, 1.807) is 0 Å². The van der Waals surface area contributed by atoms with Crippen LogP contribution >= 0.6 is 7.82 Å². The monoisotopic (exact) mass is 446 g/mol. The van der Waals surface area contributed by atoms with E-state index < -0.39 is 7.82 Å². The van der Waals surface area contributed by atoms with Crippen molar-refractivity contribution < 1.29 is 18.1 Å². The van der Waals surface area contributed by atoms with Crippen LogP contribution in [0, 0.1) is 0 Å². The van der Waals surface area contributed by atoms with E-state index in [0.717, 1.165) is 55.2 Å². The second-order valence-electron chi connectivity index (χ2n) is 8.94. The molecule has 6 rings (SSSR count). The smallest absolute Gasteiger partial charge is 0.279 e. The van der Waals surface area contributed by atoms with Crippen LogP contribution in [-0.2, 0) is 37.4 Å². The lowest BCUT2D eigenvalue weighted by Gasteiger charge is -2.27. The Morgan fingerprint density at radius 2 is 0.844 bits per heavy atom. The van der Waals surface area contributed by atoms with Crippen molar-refractivity contribution in [2.24, 2.45) is 0 Å². The van der Waals surface area contributed by atoms with Gasteiger partial charge in [0.15, 0.2) is 0 Å². The van der Waals surface area contributed by atoms with E-state index in [9.17, 15) is 4.57 Å². The number of aryl methyl sites for hydroxylation is 3. The van der Waals surface area contributed by atoms with Crippen LogP contribution in [0.1, 0.15) is 71.0 Å². The quantitative estimate of drug-likeness (QED) is 0.375. The summed E-state index contributed by atoms with van der Waals surface area (Å²) in [5, 5.41) is 0. The predicted molar refractivity (Wildman–Crippen MR) is 123 cm³/mol. The van der Waals surface area contributed by atoms with Crippen molar-refractivity contribution in [3.8, 4) is 0 Å². The fourth-order valence-corrected chi connectivity index (χ4v) is 7.17. The van der Waals surface area contributed by atoms with Gasteiger partial charge in [0.05, 0.1) is 18.3 Å². The molecule has 4 nitrogen and oxygen atoms in total. The van der Waals surface area contributed by atoms with Crippen molar-refractivity contribution in [3.05, 3.63) is 106 Å². The molecule has 3 aliphatic rings. The molecule has 0 saturated carbocycles. The normalized spacial score (nSPS) is 25.2. The maximum Gasteiger partial charge on any atom is 0.476 e.